The zero-order chi connectivity index (χ0) is 22.4. The number of carbonyl (C=O) groups is 2. The van der Waals surface area contributed by atoms with Crippen molar-refractivity contribution >= 4 is 40.8 Å². The van der Waals surface area contributed by atoms with Crippen LogP contribution in [0.25, 0.3) is 0 Å². The number of esters is 1. The van der Waals surface area contributed by atoms with Gasteiger partial charge in [-0.3, -0.25) is 9.78 Å². The van der Waals surface area contributed by atoms with Gasteiger partial charge in [0.1, 0.15) is 5.75 Å². The van der Waals surface area contributed by atoms with Crippen molar-refractivity contribution in [3.63, 3.8) is 0 Å². The second-order valence-electron chi connectivity index (χ2n) is 6.49. The Hall–Kier alpha value is -3.09. The molecule has 0 radical (unpaired) electrons. The zero-order valence-corrected chi connectivity index (χ0v) is 18.5. The van der Waals surface area contributed by atoms with E-state index in [4.69, 9.17) is 32.7 Å². The lowest BCUT2D eigenvalue weighted by Crippen LogP contribution is -2.31. The van der Waals surface area contributed by atoms with Crippen LogP contribution in [0.2, 0.25) is 10.0 Å². The minimum Gasteiger partial charge on any atom is -0.494 e. The van der Waals surface area contributed by atoms with E-state index in [9.17, 15) is 9.59 Å². The molecule has 0 aliphatic carbocycles. The van der Waals surface area contributed by atoms with Crippen LogP contribution in [0.15, 0.2) is 60.9 Å². The van der Waals surface area contributed by atoms with Crippen molar-refractivity contribution in [2.45, 2.75) is 13.5 Å². The number of halogens is 2. The number of ether oxygens (including phenoxy) is 2. The third kappa shape index (κ3) is 5.34. The largest absolute Gasteiger partial charge is 0.494 e. The second-order valence-corrected chi connectivity index (χ2v) is 7.33. The molecule has 3 rings (SSSR count). The van der Waals surface area contributed by atoms with Gasteiger partial charge in [0.15, 0.2) is 0 Å². The molecule has 0 fully saturated rings. The third-order valence-corrected chi connectivity index (χ3v) is 4.94. The first-order chi connectivity index (χ1) is 14.9. The zero-order valence-electron chi connectivity index (χ0n) is 17.0. The highest BCUT2D eigenvalue weighted by atomic mass is 35.5. The molecule has 0 N–H and O–H groups in total. The molecule has 0 spiro atoms. The topological polar surface area (TPSA) is 68.7 Å². The lowest BCUT2D eigenvalue weighted by molar-refractivity contribution is 0.0526. The summed E-state index contributed by atoms with van der Waals surface area (Å²) in [5, 5.41) is 0.547. The smallest absolute Gasteiger partial charge is 0.338 e. The summed E-state index contributed by atoms with van der Waals surface area (Å²) in [5.74, 6) is -0.563. The number of rotatable bonds is 7. The van der Waals surface area contributed by atoms with Crippen molar-refractivity contribution in [1.82, 2.24) is 4.98 Å². The van der Waals surface area contributed by atoms with Gasteiger partial charge in [0.2, 0.25) is 0 Å². The molecule has 0 unspecified atom stereocenters. The molecule has 8 heteroatoms. The van der Waals surface area contributed by atoms with Gasteiger partial charge in [0.25, 0.3) is 5.91 Å². The summed E-state index contributed by atoms with van der Waals surface area (Å²) >= 11 is 12.4. The first kappa shape index (κ1) is 22.6. The fraction of sp³-hybridized carbons (Fsp3) is 0.174. The van der Waals surface area contributed by atoms with E-state index in [-0.39, 0.29) is 35.4 Å². The average molecular weight is 459 g/mol. The molecule has 1 heterocycles. The molecule has 2 aromatic carbocycles. The third-order valence-electron chi connectivity index (χ3n) is 4.44. The summed E-state index contributed by atoms with van der Waals surface area (Å²) < 4.78 is 10.4. The Bertz CT molecular complexity index is 1070. The highest BCUT2D eigenvalue weighted by Crippen LogP contribution is 2.34. The molecule has 1 aromatic heterocycles. The summed E-state index contributed by atoms with van der Waals surface area (Å²) in [5.41, 5.74) is 2.00. The highest BCUT2D eigenvalue weighted by molar-refractivity contribution is 6.36. The standard InChI is InChI=1S/C23H20Cl2N2O4/c1-3-31-23(29)16-6-8-18(9-7-16)27(14-15-5-4-10-26-13-15)22(28)19-11-17(24)12-20(25)21(19)30-2/h4-13H,3,14H2,1-2H3. The van der Waals surface area contributed by atoms with E-state index in [1.165, 1.54) is 24.1 Å². The summed E-state index contributed by atoms with van der Waals surface area (Å²) in [6, 6.07) is 13.3. The molecule has 0 atom stereocenters. The van der Waals surface area contributed by atoms with Gasteiger partial charge in [-0.25, -0.2) is 4.79 Å². The Morgan fingerprint density at radius 1 is 1.10 bits per heavy atom. The number of methoxy groups -OCH3 is 1. The fourth-order valence-corrected chi connectivity index (χ4v) is 3.59. The van der Waals surface area contributed by atoms with Gasteiger partial charge < -0.3 is 14.4 Å². The van der Waals surface area contributed by atoms with Crippen LogP contribution >= 0.6 is 23.2 Å². The van der Waals surface area contributed by atoms with Gasteiger partial charge in [-0.05, 0) is 55.0 Å². The van der Waals surface area contributed by atoms with Gasteiger partial charge in [0, 0.05) is 23.1 Å². The van der Waals surface area contributed by atoms with Gasteiger partial charge >= 0.3 is 5.97 Å². The maximum Gasteiger partial charge on any atom is 0.338 e. The van der Waals surface area contributed by atoms with Crippen LogP contribution in [0.1, 0.15) is 33.2 Å². The first-order valence-corrected chi connectivity index (χ1v) is 10.2. The van der Waals surface area contributed by atoms with Crippen molar-refractivity contribution < 1.29 is 19.1 Å². The number of aromatic nitrogens is 1. The Morgan fingerprint density at radius 3 is 2.45 bits per heavy atom. The summed E-state index contributed by atoms with van der Waals surface area (Å²) in [4.78, 5) is 31.2. The molecular weight excluding hydrogens is 439 g/mol. The Morgan fingerprint density at radius 2 is 1.84 bits per heavy atom. The quantitative estimate of drug-likeness (QED) is 0.442. The van der Waals surface area contributed by atoms with Crippen LogP contribution in [0.5, 0.6) is 5.75 Å². The van der Waals surface area contributed by atoms with Gasteiger partial charge in [0.05, 0.1) is 36.4 Å². The molecule has 31 heavy (non-hydrogen) atoms. The number of nitrogens with zero attached hydrogens (tertiary/aromatic N) is 2. The van der Waals surface area contributed by atoms with Crippen LogP contribution in [-0.4, -0.2) is 30.6 Å². The van der Waals surface area contributed by atoms with Crippen LogP contribution in [0.3, 0.4) is 0 Å². The summed E-state index contributed by atoms with van der Waals surface area (Å²) in [6.07, 6.45) is 3.33. The molecule has 0 saturated heterocycles. The summed E-state index contributed by atoms with van der Waals surface area (Å²) in [6.45, 7) is 2.25. The number of carbonyl (C=O) groups excluding carboxylic acids is 2. The van der Waals surface area contributed by atoms with Crippen LogP contribution in [-0.2, 0) is 11.3 Å². The van der Waals surface area contributed by atoms with E-state index in [0.717, 1.165) is 5.56 Å². The number of benzene rings is 2. The lowest BCUT2D eigenvalue weighted by Gasteiger charge is -2.24. The van der Waals surface area contributed by atoms with Crippen molar-refractivity contribution in [1.29, 1.82) is 0 Å². The number of amides is 1. The van der Waals surface area contributed by atoms with Gasteiger partial charge in [-0.1, -0.05) is 29.3 Å². The van der Waals surface area contributed by atoms with E-state index in [2.05, 4.69) is 4.98 Å². The first-order valence-electron chi connectivity index (χ1n) is 9.45. The van der Waals surface area contributed by atoms with Gasteiger partial charge in [-0.2, -0.15) is 0 Å². The Kier molecular flexibility index (Phi) is 7.50. The maximum atomic E-state index is 13.6. The van der Waals surface area contributed by atoms with Crippen molar-refractivity contribution in [2.24, 2.45) is 0 Å². The molecule has 0 aliphatic rings. The Balaban J connectivity index is 2.03. The minimum absolute atomic E-state index is 0.221. The maximum absolute atomic E-state index is 13.6. The van der Waals surface area contributed by atoms with E-state index in [1.807, 2.05) is 6.07 Å². The second kappa shape index (κ2) is 10.3. The molecule has 0 saturated carbocycles. The Labute approximate surface area is 190 Å². The van der Waals surface area contributed by atoms with E-state index in [1.54, 1.807) is 49.6 Å². The van der Waals surface area contributed by atoms with E-state index >= 15 is 0 Å². The molecule has 6 nitrogen and oxygen atoms in total. The predicted octanol–water partition coefficient (Wildman–Crippen LogP) is 5.42. The van der Waals surface area contributed by atoms with Crippen molar-refractivity contribution in [3.8, 4) is 5.75 Å². The van der Waals surface area contributed by atoms with Crippen molar-refractivity contribution in [2.75, 3.05) is 18.6 Å². The van der Waals surface area contributed by atoms with E-state index in [0.29, 0.717) is 16.3 Å². The van der Waals surface area contributed by atoms with Crippen LogP contribution in [0, 0.1) is 0 Å². The molecule has 3 aromatic rings. The highest BCUT2D eigenvalue weighted by Gasteiger charge is 2.24. The minimum atomic E-state index is -0.428. The molecule has 0 aliphatic heterocycles. The number of pyridine rings is 1. The number of hydrogen-bond acceptors (Lipinski definition) is 5. The fourth-order valence-electron chi connectivity index (χ4n) is 3.02. The monoisotopic (exact) mass is 458 g/mol. The molecule has 1 amide bonds. The van der Waals surface area contributed by atoms with Crippen LogP contribution in [0.4, 0.5) is 5.69 Å². The van der Waals surface area contributed by atoms with Crippen molar-refractivity contribution in [3.05, 3.63) is 87.7 Å². The SMILES string of the molecule is CCOC(=O)c1ccc(N(Cc2cccnc2)C(=O)c2cc(Cl)cc(Cl)c2OC)cc1. The average Bonchev–Trinajstić information content (AvgIpc) is 2.77. The molecule has 160 valence electrons. The van der Waals surface area contributed by atoms with Gasteiger partial charge in [-0.15, -0.1) is 0 Å². The number of anilines is 1. The van der Waals surface area contributed by atoms with E-state index < -0.39 is 5.97 Å². The molecule has 0 bridgehead atoms. The lowest BCUT2D eigenvalue weighted by atomic mass is 10.1. The molecular formula is C23H20Cl2N2O4. The summed E-state index contributed by atoms with van der Waals surface area (Å²) in [7, 11) is 1.44. The predicted molar refractivity (Wildman–Crippen MR) is 120 cm³/mol. The number of hydrogen-bond donors (Lipinski definition) is 0. The normalized spacial score (nSPS) is 10.5. The van der Waals surface area contributed by atoms with Crippen LogP contribution < -0.4 is 9.64 Å².